The second-order valence-corrected chi connectivity index (χ2v) is 8.42. The average molecular weight is 425 g/mol. The van der Waals surface area contributed by atoms with Crippen LogP contribution >= 0.6 is 11.3 Å². The molecule has 1 amide bonds. The molecule has 7 heteroatoms. The lowest BCUT2D eigenvalue weighted by Gasteiger charge is -2.34. The smallest absolute Gasteiger partial charge is 0.240 e. The maximum absolute atomic E-state index is 13.1. The second kappa shape index (κ2) is 9.47. The van der Waals surface area contributed by atoms with Crippen molar-refractivity contribution in [1.29, 1.82) is 0 Å². The van der Waals surface area contributed by atoms with Crippen molar-refractivity contribution in [3.05, 3.63) is 70.8 Å². The van der Waals surface area contributed by atoms with Gasteiger partial charge in [0.05, 0.1) is 18.8 Å². The van der Waals surface area contributed by atoms with E-state index in [0.29, 0.717) is 6.54 Å². The van der Waals surface area contributed by atoms with Crippen molar-refractivity contribution in [2.24, 2.45) is 0 Å². The zero-order chi connectivity index (χ0) is 20.9. The van der Waals surface area contributed by atoms with Crippen LogP contribution in [0.1, 0.15) is 5.01 Å². The van der Waals surface area contributed by atoms with Crippen molar-refractivity contribution < 1.29 is 9.18 Å². The third-order valence-electron chi connectivity index (χ3n) is 5.39. The number of piperazine rings is 1. The highest BCUT2D eigenvalue weighted by Gasteiger charge is 2.21. The van der Waals surface area contributed by atoms with Crippen molar-refractivity contribution in [1.82, 2.24) is 14.8 Å². The van der Waals surface area contributed by atoms with Gasteiger partial charge in [0, 0.05) is 49.9 Å². The summed E-state index contributed by atoms with van der Waals surface area (Å²) in [6, 6.07) is 16.2. The normalized spacial score (nSPS) is 15.3. The predicted octanol–water partition coefficient (Wildman–Crippen LogP) is 3.73. The van der Waals surface area contributed by atoms with E-state index in [4.69, 9.17) is 4.98 Å². The standard InChI is InChI=1S/C23H25FN4OS/c1-26(20-5-3-2-4-6-20)23(29)16-28-13-11-27(12-14-28)15-22-25-21(17-30-22)18-7-9-19(24)10-8-18/h2-10,17H,11-16H2,1H3. The molecule has 1 aliphatic rings. The molecule has 0 radical (unpaired) electrons. The van der Waals surface area contributed by atoms with Gasteiger partial charge in [-0.15, -0.1) is 11.3 Å². The molecule has 1 aliphatic heterocycles. The molecule has 1 fully saturated rings. The van der Waals surface area contributed by atoms with Crippen LogP contribution in [0.15, 0.2) is 60.0 Å². The van der Waals surface area contributed by atoms with E-state index in [1.807, 2.05) is 42.8 Å². The topological polar surface area (TPSA) is 39.7 Å². The Morgan fingerprint density at radius 3 is 2.40 bits per heavy atom. The van der Waals surface area contributed by atoms with Gasteiger partial charge in [0.2, 0.25) is 5.91 Å². The van der Waals surface area contributed by atoms with Crippen molar-refractivity contribution in [2.45, 2.75) is 6.54 Å². The Labute approximate surface area is 180 Å². The van der Waals surface area contributed by atoms with Gasteiger partial charge in [0.15, 0.2) is 0 Å². The maximum Gasteiger partial charge on any atom is 0.240 e. The molecule has 0 unspecified atom stereocenters. The highest BCUT2D eigenvalue weighted by Crippen LogP contribution is 2.23. The first kappa shape index (κ1) is 20.7. The first-order chi connectivity index (χ1) is 14.6. The Balaban J connectivity index is 1.26. The average Bonchev–Trinajstić information content (AvgIpc) is 3.24. The number of hydrogen-bond acceptors (Lipinski definition) is 5. The summed E-state index contributed by atoms with van der Waals surface area (Å²) in [6.07, 6.45) is 0. The summed E-state index contributed by atoms with van der Waals surface area (Å²) in [7, 11) is 1.83. The maximum atomic E-state index is 13.1. The summed E-state index contributed by atoms with van der Waals surface area (Å²) in [5.41, 5.74) is 2.75. The number of amides is 1. The summed E-state index contributed by atoms with van der Waals surface area (Å²) in [4.78, 5) is 23.6. The molecule has 1 saturated heterocycles. The zero-order valence-electron chi connectivity index (χ0n) is 17.0. The van der Waals surface area contributed by atoms with Crippen molar-refractivity contribution in [3.8, 4) is 11.3 Å². The van der Waals surface area contributed by atoms with Crippen molar-refractivity contribution in [2.75, 3.05) is 44.7 Å². The summed E-state index contributed by atoms with van der Waals surface area (Å²) < 4.78 is 13.1. The summed E-state index contributed by atoms with van der Waals surface area (Å²) in [5.74, 6) is -0.126. The molecule has 4 rings (SSSR count). The Hall–Kier alpha value is -2.61. The zero-order valence-corrected chi connectivity index (χ0v) is 17.8. The number of halogens is 1. The van der Waals surface area contributed by atoms with Gasteiger partial charge in [-0.2, -0.15) is 0 Å². The summed E-state index contributed by atoms with van der Waals surface area (Å²) in [5, 5.41) is 3.08. The Bertz CT molecular complexity index is 968. The number of nitrogens with zero attached hydrogens (tertiary/aromatic N) is 4. The first-order valence-corrected chi connectivity index (χ1v) is 10.9. The van der Waals surface area contributed by atoms with Crippen LogP contribution in [-0.4, -0.2) is 60.5 Å². The number of anilines is 1. The van der Waals surface area contributed by atoms with Crippen LogP contribution in [0, 0.1) is 5.82 Å². The molecule has 0 bridgehead atoms. The Morgan fingerprint density at radius 1 is 1.03 bits per heavy atom. The minimum absolute atomic E-state index is 0.110. The molecule has 156 valence electrons. The molecule has 30 heavy (non-hydrogen) atoms. The van der Waals surface area contributed by atoms with E-state index >= 15 is 0 Å². The number of carbonyl (C=O) groups excluding carboxylic acids is 1. The van der Waals surface area contributed by atoms with Crippen molar-refractivity contribution in [3.63, 3.8) is 0 Å². The molecule has 0 atom stereocenters. The number of likely N-dealkylation sites (N-methyl/N-ethyl adjacent to an activating group) is 1. The third-order valence-corrected chi connectivity index (χ3v) is 6.23. The second-order valence-electron chi connectivity index (χ2n) is 7.47. The lowest BCUT2D eigenvalue weighted by atomic mass is 10.2. The monoisotopic (exact) mass is 424 g/mol. The van der Waals surface area contributed by atoms with E-state index in [0.717, 1.165) is 54.7 Å². The molecule has 2 heterocycles. The number of carbonyl (C=O) groups is 1. The molecule has 2 aromatic carbocycles. The van der Waals surface area contributed by atoms with Gasteiger partial charge in [-0.1, -0.05) is 18.2 Å². The van der Waals surface area contributed by atoms with E-state index in [9.17, 15) is 9.18 Å². The molecule has 0 spiro atoms. The van der Waals surface area contributed by atoms with Crippen LogP contribution < -0.4 is 4.90 Å². The molecule has 1 aromatic heterocycles. The van der Waals surface area contributed by atoms with E-state index in [1.54, 1.807) is 28.4 Å². The Morgan fingerprint density at radius 2 is 1.70 bits per heavy atom. The van der Waals surface area contributed by atoms with Gasteiger partial charge in [0.1, 0.15) is 10.8 Å². The number of hydrogen-bond donors (Lipinski definition) is 0. The number of aromatic nitrogens is 1. The largest absolute Gasteiger partial charge is 0.314 e. The highest BCUT2D eigenvalue weighted by atomic mass is 32.1. The molecule has 3 aromatic rings. The molecule has 0 N–H and O–H groups in total. The number of thiazole rings is 1. The van der Waals surface area contributed by atoms with Crippen LogP contribution in [0.2, 0.25) is 0 Å². The summed E-state index contributed by atoms with van der Waals surface area (Å²) >= 11 is 1.63. The van der Waals surface area contributed by atoms with Crippen LogP contribution in [0.25, 0.3) is 11.3 Å². The SMILES string of the molecule is CN(C(=O)CN1CCN(Cc2nc(-c3ccc(F)cc3)cs2)CC1)c1ccccc1. The fraction of sp³-hybridized carbons (Fsp3) is 0.304. The Kier molecular flexibility index (Phi) is 6.52. The number of benzene rings is 2. The molecular weight excluding hydrogens is 399 g/mol. The molecule has 5 nitrogen and oxygen atoms in total. The first-order valence-electron chi connectivity index (χ1n) is 10.0. The quantitative estimate of drug-likeness (QED) is 0.605. The van der Waals surface area contributed by atoms with Gasteiger partial charge in [0.25, 0.3) is 0 Å². The van der Waals surface area contributed by atoms with Gasteiger partial charge in [-0.25, -0.2) is 9.37 Å². The highest BCUT2D eigenvalue weighted by molar-refractivity contribution is 7.09. The number of rotatable bonds is 6. The third kappa shape index (κ3) is 5.11. The fourth-order valence-electron chi connectivity index (χ4n) is 3.53. The number of para-hydroxylation sites is 1. The van der Waals surface area contributed by atoms with Crippen LogP contribution in [-0.2, 0) is 11.3 Å². The van der Waals surface area contributed by atoms with Crippen LogP contribution in [0.4, 0.5) is 10.1 Å². The minimum atomic E-state index is -0.236. The van der Waals surface area contributed by atoms with E-state index in [2.05, 4.69) is 9.80 Å². The van der Waals surface area contributed by atoms with E-state index in [-0.39, 0.29) is 11.7 Å². The predicted molar refractivity (Wildman–Crippen MR) is 119 cm³/mol. The van der Waals surface area contributed by atoms with E-state index < -0.39 is 0 Å². The van der Waals surface area contributed by atoms with E-state index in [1.165, 1.54) is 12.1 Å². The van der Waals surface area contributed by atoms with Crippen molar-refractivity contribution >= 4 is 22.9 Å². The minimum Gasteiger partial charge on any atom is -0.314 e. The van der Waals surface area contributed by atoms with Gasteiger partial charge >= 0.3 is 0 Å². The lowest BCUT2D eigenvalue weighted by molar-refractivity contribution is -0.119. The van der Waals surface area contributed by atoms with Crippen LogP contribution in [0.5, 0.6) is 0 Å². The fourth-order valence-corrected chi connectivity index (χ4v) is 4.37. The lowest BCUT2D eigenvalue weighted by Crippen LogP contribution is -2.49. The molecular formula is C23H25FN4OS. The van der Waals surface area contributed by atoms with Gasteiger partial charge in [-0.05, 0) is 36.4 Å². The van der Waals surface area contributed by atoms with Crippen LogP contribution in [0.3, 0.4) is 0 Å². The van der Waals surface area contributed by atoms with Gasteiger partial charge < -0.3 is 4.90 Å². The molecule has 0 aliphatic carbocycles. The summed E-state index contributed by atoms with van der Waals surface area (Å²) in [6.45, 7) is 4.79. The van der Waals surface area contributed by atoms with Gasteiger partial charge in [-0.3, -0.25) is 14.6 Å². The molecule has 0 saturated carbocycles.